The standard InChI is InChI=1S/C9H7O/c1-2-5-8-6-3-4-7-9(8)10/h3-4,6-7,10H,1H2. The molecule has 0 unspecified atom stereocenters. The van der Waals surface area contributed by atoms with Gasteiger partial charge in [0.2, 0.25) is 0 Å². The molecule has 10 heavy (non-hydrogen) atoms. The van der Waals surface area contributed by atoms with Gasteiger partial charge in [-0.15, -0.1) is 0 Å². The largest absolute Gasteiger partial charge is 0.507 e. The molecule has 0 aliphatic carbocycles. The molecule has 0 saturated heterocycles. The summed E-state index contributed by atoms with van der Waals surface area (Å²) in [6, 6.07) is 6.91. The molecule has 0 saturated carbocycles. The fourth-order valence-corrected chi connectivity index (χ4v) is 0.675. The van der Waals surface area contributed by atoms with Crippen LogP contribution in [0.5, 0.6) is 5.75 Å². The van der Waals surface area contributed by atoms with Gasteiger partial charge in [0.1, 0.15) is 5.75 Å². The first-order valence-corrected chi connectivity index (χ1v) is 2.90. The second-order valence-electron chi connectivity index (χ2n) is 1.82. The van der Waals surface area contributed by atoms with Crippen LogP contribution in [0.3, 0.4) is 0 Å². The van der Waals surface area contributed by atoms with Crippen LogP contribution in [0.2, 0.25) is 0 Å². The normalized spacial score (nSPS) is 8.10. The maximum absolute atomic E-state index is 9.11. The fraction of sp³-hybridized carbons (Fsp3) is 0. The molecule has 1 rings (SSSR count). The predicted octanol–water partition coefficient (Wildman–Crippen LogP) is 1.58. The van der Waals surface area contributed by atoms with Crippen LogP contribution >= 0.6 is 0 Å². The first kappa shape index (κ1) is 6.70. The molecule has 1 nitrogen and oxygen atoms in total. The van der Waals surface area contributed by atoms with Crippen molar-refractivity contribution >= 4 is 0 Å². The highest BCUT2D eigenvalue weighted by Gasteiger charge is 1.91. The van der Waals surface area contributed by atoms with E-state index in [4.69, 9.17) is 5.11 Å². The summed E-state index contributed by atoms with van der Waals surface area (Å²) in [7, 11) is 0. The Kier molecular flexibility index (Phi) is 1.96. The van der Waals surface area contributed by atoms with Crippen LogP contribution in [-0.2, 0) is 0 Å². The Morgan fingerprint density at radius 2 is 2.00 bits per heavy atom. The quantitative estimate of drug-likeness (QED) is 0.530. The summed E-state index contributed by atoms with van der Waals surface area (Å²) in [6.45, 7) is 3.35. The molecule has 1 heteroatoms. The molecule has 0 aliphatic heterocycles. The topological polar surface area (TPSA) is 20.2 Å². The zero-order chi connectivity index (χ0) is 7.40. The van der Waals surface area contributed by atoms with Gasteiger partial charge in [0.25, 0.3) is 0 Å². The average Bonchev–Trinajstić information content (AvgIpc) is 1.94. The van der Waals surface area contributed by atoms with Crippen molar-refractivity contribution in [2.24, 2.45) is 0 Å². The van der Waals surface area contributed by atoms with E-state index in [1.54, 1.807) is 18.2 Å². The average molecular weight is 131 g/mol. The lowest BCUT2D eigenvalue weighted by molar-refractivity contribution is 0.473. The van der Waals surface area contributed by atoms with Crippen molar-refractivity contribution in [3.63, 3.8) is 0 Å². The first-order valence-electron chi connectivity index (χ1n) is 2.90. The van der Waals surface area contributed by atoms with Crippen LogP contribution in [0.4, 0.5) is 0 Å². The highest BCUT2D eigenvalue weighted by atomic mass is 16.3. The second kappa shape index (κ2) is 2.93. The fourth-order valence-electron chi connectivity index (χ4n) is 0.675. The Balaban J connectivity index is 3.11. The summed E-state index contributed by atoms with van der Waals surface area (Å²) in [6.07, 6.45) is 0. The zero-order valence-corrected chi connectivity index (χ0v) is 5.46. The Bertz CT molecular complexity index is 278. The van der Waals surface area contributed by atoms with Crippen molar-refractivity contribution in [3.8, 4) is 17.6 Å². The van der Waals surface area contributed by atoms with Crippen LogP contribution in [0.25, 0.3) is 0 Å². The molecule has 49 valence electrons. The summed E-state index contributed by atoms with van der Waals surface area (Å²) in [4.78, 5) is 0. The Hall–Kier alpha value is -1.42. The summed E-state index contributed by atoms with van der Waals surface area (Å²) < 4.78 is 0. The first-order chi connectivity index (χ1) is 4.84. The SMILES string of the molecule is [CH2]C#Cc1ccccc1O. The number of phenolic OH excluding ortho intramolecular Hbond substituents is 1. The van der Waals surface area contributed by atoms with Gasteiger partial charge >= 0.3 is 0 Å². The van der Waals surface area contributed by atoms with Gasteiger partial charge in [-0.3, -0.25) is 0 Å². The molecule has 0 amide bonds. The minimum Gasteiger partial charge on any atom is -0.507 e. The van der Waals surface area contributed by atoms with Crippen molar-refractivity contribution < 1.29 is 5.11 Å². The van der Waals surface area contributed by atoms with Gasteiger partial charge in [-0.05, 0) is 12.1 Å². The maximum Gasteiger partial charge on any atom is 0.131 e. The third-order valence-corrected chi connectivity index (χ3v) is 1.13. The molecule has 0 aromatic heterocycles. The molecule has 0 bridgehead atoms. The molecule has 0 spiro atoms. The smallest absolute Gasteiger partial charge is 0.131 e. The number of rotatable bonds is 0. The van der Waals surface area contributed by atoms with Crippen LogP contribution < -0.4 is 0 Å². The van der Waals surface area contributed by atoms with E-state index in [-0.39, 0.29) is 5.75 Å². The van der Waals surface area contributed by atoms with Crippen molar-refractivity contribution in [2.45, 2.75) is 0 Å². The monoisotopic (exact) mass is 131 g/mol. The molecule has 0 aliphatic rings. The third-order valence-electron chi connectivity index (χ3n) is 1.13. The van der Waals surface area contributed by atoms with Gasteiger partial charge in [0, 0.05) is 6.92 Å². The van der Waals surface area contributed by atoms with E-state index in [1.165, 1.54) is 0 Å². The van der Waals surface area contributed by atoms with Crippen LogP contribution in [0.1, 0.15) is 5.56 Å². The Morgan fingerprint density at radius 3 is 2.60 bits per heavy atom. The van der Waals surface area contributed by atoms with Crippen molar-refractivity contribution in [1.82, 2.24) is 0 Å². The van der Waals surface area contributed by atoms with E-state index in [2.05, 4.69) is 18.8 Å². The van der Waals surface area contributed by atoms with E-state index in [1.807, 2.05) is 6.07 Å². The molecule has 0 atom stereocenters. The maximum atomic E-state index is 9.11. The summed E-state index contributed by atoms with van der Waals surface area (Å²) >= 11 is 0. The minimum atomic E-state index is 0.207. The number of phenols is 1. The molecular formula is C9H7O. The minimum absolute atomic E-state index is 0.207. The van der Waals surface area contributed by atoms with Crippen molar-refractivity contribution in [1.29, 1.82) is 0 Å². The third kappa shape index (κ3) is 1.29. The van der Waals surface area contributed by atoms with Gasteiger partial charge in [0.15, 0.2) is 0 Å². The molecular weight excluding hydrogens is 124 g/mol. The highest BCUT2D eigenvalue weighted by molar-refractivity contribution is 5.44. The predicted molar refractivity (Wildman–Crippen MR) is 40.3 cm³/mol. The van der Waals surface area contributed by atoms with Gasteiger partial charge in [-0.2, -0.15) is 0 Å². The summed E-state index contributed by atoms with van der Waals surface area (Å²) in [5.41, 5.74) is 0.623. The molecule has 1 N–H and O–H groups in total. The summed E-state index contributed by atoms with van der Waals surface area (Å²) in [5, 5.41) is 9.11. The number of aromatic hydroxyl groups is 1. The Morgan fingerprint density at radius 1 is 1.30 bits per heavy atom. The lowest BCUT2D eigenvalue weighted by atomic mass is 10.2. The van der Waals surface area contributed by atoms with E-state index < -0.39 is 0 Å². The molecule has 1 aromatic carbocycles. The van der Waals surface area contributed by atoms with Gasteiger partial charge in [-0.25, -0.2) is 0 Å². The van der Waals surface area contributed by atoms with Crippen molar-refractivity contribution in [3.05, 3.63) is 36.8 Å². The highest BCUT2D eigenvalue weighted by Crippen LogP contribution is 2.13. The molecule has 0 heterocycles. The van der Waals surface area contributed by atoms with Crippen LogP contribution in [-0.4, -0.2) is 5.11 Å². The molecule has 1 radical (unpaired) electrons. The number of hydrogen-bond donors (Lipinski definition) is 1. The Labute approximate surface area is 60.3 Å². The van der Waals surface area contributed by atoms with E-state index >= 15 is 0 Å². The number of para-hydroxylation sites is 1. The molecule has 0 fully saturated rings. The van der Waals surface area contributed by atoms with Gasteiger partial charge in [-0.1, -0.05) is 24.0 Å². The van der Waals surface area contributed by atoms with Crippen molar-refractivity contribution in [2.75, 3.05) is 0 Å². The van der Waals surface area contributed by atoms with E-state index in [9.17, 15) is 0 Å². The zero-order valence-electron chi connectivity index (χ0n) is 5.46. The summed E-state index contributed by atoms with van der Waals surface area (Å²) in [5.74, 6) is 5.34. The van der Waals surface area contributed by atoms with Crippen LogP contribution in [0, 0.1) is 18.8 Å². The van der Waals surface area contributed by atoms with E-state index in [0.29, 0.717) is 5.56 Å². The lowest BCUT2D eigenvalue weighted by Gasteiger charge is -1.92. The molecule has 1 aromatic rings. The number of benzene rings is 1. The van der Waals surface area contributed by atoms with E-state index in [0.717, 1.165) is 0 Å². The van der Waals surface area contributed by atoms with Gasteiger partial charge in [0.05, 0.1) is 5.56 Å². The number of hydrogen-bond acceptors (Lipinski definition) is 1. The second-order valence-corrected chi connectivity index (χ2v) is 1.82. The van der Waals surface area contributed by atoms with Gasteiger partial charge < -0.3 is 5.11 Å². The lowest BCUT2D eigenvalue weighted by Crippen LogP contribution is -1.72. The van der Waals surface area contributed by atoms with Crippen LogP contribution in [0.15, 0.2) is 24.3 Å².